The molecule has 0 saturated carbocycles. The third kappa shape index (κ3) is 4.02. The molecule has 4 heteroatoms. The number of nitrogens with zero attached hydrogens (tertiary/aromatic N) is 1. The van der Waals surface area contributed by atoms with Gasteiger partial charge in [-0.1, -0.05) is 24.3 Å². The highest BCUT2D eigenvalue weighted by Crippen LogP contribution is 2.23. The molecule has 0 saturated heterocycles. The Labute approximate surface area is 124 Å². The maximum atomic E-state index is 13.7. The molecule has 0 fully saturated rings. The maximum Gasteiger partial charge on any atom is 0.164 e. The third-order valence-corrected chi connectivity index (χ3v) is 3.28. The minimum atomic E-state index is -0.817. The van der Waals surface area contributed by atoms with Crippen molar-refractivity contribution in [3.63, 3.8) is 0 Å². The Morgan fingerprint density at radius 2 is 1.71 bits per heavy atom. The molecule has 2 rings (SSSR count). The molecule has 1 N–H and O–H groups in total. The van der Waals surface area contributed by atoms with Gasteiger partial charge in [-0.3, -0.25) is 0 Å². The predicted octanol–water partition coefficient (Wildman–Crippen LogP) is 4.20. The molecule has 0 aromatic heterocycles. The number of hydrogen-bond acceptors (Lipinski definition) is 2. The van der Waals surface area contributed by atoms with Gasteiger partial charge in [0.05, 0.1) is 6.04 Å². The molecule has 112 valence electrons. The summed E-state index contributed by atoms with van der Waals surface area (Å²) in [6.45, 7) is 2.68. The quantitative estimate of drug-likeness (QED) is 0.888. The van der Waals surface area contributed by atoms with Crippen molar-refractivity contribution in [2.24, 2.45) is 0 Å². The molecule has 0 aliphatic carbocycles. The van der Waals surface area contributed by atoms with Crippen LogP contribution in [0, 0.1) is 11.6 Å². The Bertz CT molecular complexity index is 594. The largest absolute Gasteiger partial charge is 0.378 e. The van der Waals surface area contributed by atoms with Gasteiger partial charge in [-0.05, 0) is 44.8 Å². The molecule has 2 aromatic rings. The number of hydrogen-bond donors (Lipinski definition) is 1. The summed E-state index contributed by atoms with van der Waals surface area (Å²) in [6.07, 6.45) is 0. The van der Waals surface area contributed by atoms with Gasteiger partial charge in [0.1, 0.15) is 0 Å². The summed E-state index contributed by atoms with van der Waals surface area (Å²) in [7, 11) is 4.03. The van der Waals surface area contributed by atoms with Crippen LogP contribution in [0.15, 0.2) is 42.5 Å². The molecule has 1 unspecified atom stereocenters. The van der Waals surface area contributed by atoms with E-state index >= 15 is 0 Å². The number of benzene rings is 2. The highest BCUT2D eigenvalue weighted by Gasteiger charge is 2.13. The molecule has 21 heavy (non-hydrogen) atoms. The molecule has 0 aliphatic heterocycles. The summed E-state index contributed by atoms with van der Waals surface area (Å²) < 4.78 is 27.0. The molecule has 0 bridgehead atoms. The van der Waals surface area contributed by atoms with E-state index in [1.54, 1.807) is 6.07 Å². The van der Waals surface area contributed by atoms with Crippen molar-refractivity contribution in [2.75, 3.05) is 19.4 Å². The summed E-state index contributed by atoms with van der Waals surface area (Å²) in [4.78, 5) is 2.09. The van der Waals surface area contributed by atoms with Gasteiger partial charge in [-0.15, -0.1) is 0 Å². The predicted molar refractivity (Wildman–Crippen MR) is 82.2 cm³/mol. The first-order valence-corrected chi connectivity index (χ1v) is 6.91. The Hall–Kier alpha value is -1.94. The van der Waals surface area contributed by atoms with Crippen LogP contribution in [-0.4, -0.2) is 19.0 Å². The van der Waals surface area contributed by atoms with E-state index in [9.17, 15) is 8.78 Å². The summed E-state index contributed by atoms with van der Waals surface area (Å²) >= 11 is 0. The summed E-state index contributed by atoms with van der Waals surface area (Å²) in [6, 6.07) is 11.9. The Morgan fingerprint density at radius 3 is 2.33 bits per heavy atom. The van der Waals surface area contributed by atoms with Crippen LogP contribution in [0.25, 0.3) is 0 Å². The van der Waals surface area contributed by atoms with Gasteiger partial charge >= 0.3 is 0 Å². The Morgan fingerprint density at radius 1 is 1.05 bits per heavy atom. The maximum absolute atomic E-state index is 13.7. The van der Waals surface area contributed by atoms with E-state index < -0.39 is 11.6 Å². The van der Waals surface area contributed by atoms with E-state index in [1.165, 1.54) is 11.6 Å². The fraction of sp³-hybridized carbons (Fsp3) is 0.294. The average molecular weight is 290 g/mol. The first-order chi connectivity index (χ1) is 9.97. The van der Waals surface area contributed by atoms with Gasteiger partial charge in [0, 0.05) is 17.8 Å². The fourth-order valence-corrected chi connectivity index (χ4v) is 2.25. The third-order valence-electron chi connectivity index (χ3n) is 3.28. The molecule has 0 radical (unpaired) electrons. The van der Waals surface area contributed by atoms with E-state index in [4.69, 9.17) is 0 Å². The topological polar surface area (TPSA) is 15.3 Å². The van der Waals surface area contributed by atoms with Gasteiger partial charge in [0.25, 0.3) is 0 Å². The Kier molecular flexibility index (Phi) is 4.91. The number of halogens is 2. The molecule has 2 aromatic carbocycles. The highest BCUT2D eigenvalue weighted by atomic mass is 19.2. The first kappa shape index (κ1) is 15.4. The highest BCUT2D eigenvalue weighted by molar-refractivity contribution is 5.46. The second kappa shape index (κ2) is 6.68. The normalized spacial score (nSPS) is 12.5. The monoisotopic (exact) mass is 290 g/mol. The van der Waals surface area contributed by atoms with Crippen molar-refractivity contribution in [3.8, 4) is 0 Å². The Balaban J connectivity index is 2.09. The minimum Gasteiger partial charge on any atom is -0.378 e. The molecule has 0 spiro atoms. The van der Waals surface area contributed by atoms with Crippen LogP contribution in [0.4, 0.5) is 14.5 Å². The van der Waals surface area contributed by atoms with E-state index in [0.29, 0.717) is 5.56 Å². The molecular formula is C17H20F2N2. The second-order valence-corrected chi connectivity index (χ2v) is 5.44. The van der Waals surface area contributed by atoms with Crippen molar-refractivity contribution in [1.82, 2.24) is 4.90 Å². The van der Waals surface area contributed by atoms with Crippen LogP contribution < -0.4 is 5.32 Å². The van der Waals surface area contributed by atoms with Crippen molar-refractivity contribution >= 4 is 5.69 Å². The van der Waals surface area contributed by atoms with Crippen LogP contribution in [0.3, 0.4) is 0 Å². The van der Waals surface area contributed by atoms with E-state index in [-0.39, 0.29) is 6.04 Å². The molecule has 2 nitrogen and oxygen atoms in total. The molecule has 1 atom stereocenters. The van der Waals surface area contributed by atoms with Gasteiger partial charge < -0.3 is 10.2 Å². The number of rotatable bonds is 5. The van der Waals surface area contributed by atoms with Crippen LogP contribution in [-0.2, 0) is 6.54 Å². The zero-order chi connectivity index (χ0) is 15.4. The lowest BCUT2D eigenvalue weighted by molar-refractivity contribution is 0.402. The number of anilines is 1. The fourth-order valence-electron chi connectivity index (χ4n) is 2.25. The summed E-state index contributed by atoms with van der Waals surface area (Å²) in [5.41, 5.74) is 2.41. The number of nitrogens with one attached hydrogen (secondary N) is 1. The van der Waals surface area contributed by atoms with Crippen LogP contribution >= 0.6 is 0 Å². The lowest BCUT2D eigenvalue weighted by Crippen LogP contribution is -2.11. The smallest absolute Gasteiger partial charge is 0.164 e. The molecule has 0 aliphatic rings. The van der Waals surface area contributed by atoms with Crippen LogP contribution in [0.2, 0.25) is 0 Å². The van der Waals surface area contributed by atoms with Crippen molar-refractivity contribution in [3.05, 3.63) is 65.2 Å². The average Bonchev–Trinajstić information content (AvgIpc) is 2.43. The standard InChI is InChI=1S/C17H20F2N2/c1-12(15-5-4-6-16(18)17(15)19)20-14-9-7-13(8-10-14)11-21(2)3/h4-10,12,20H,11H2,1-3H3. The lowest BCUT2D eigenvalue weighted by Gasteiger charge is -2.17. The van der Waals surface area contributed by atoms with Crippen molar-refractivity contribution in [1.29, 1.82) is 0 Å². The second-order valence-electron chi connectivity index (χ2n) is 5.44. The van der Waals surface area contributed by atoms with Gasteiger partial charge in [0.15, 0.2) is 11.6 Å². The van der Waals surface area contributed by atoms with E-state index in [0.717, 1.165) is 18.3 Å². The van der Waals surface area contributed by atoms with Crippen molar-refractivity contribution < 1.29 is 8.78 Å². The SMILES string of the molecule is CC(Nc1ccc(CN(C)C)cc1)c1cccc(F)c1F. The zero-order valence-electron chi connectivity index (χ0n) is 12.5. The molecule has 0 amide bonds. The van der Waals surface area contributed by atoms with Crippen LogP contribution in [0.1, 0.15) is 24.1 Å². The molecular weight excluding hydrogens is 270 g/mol. The van der Waals surface area contributed by atoms with Gasteiger partial charge in [-0.25, -0.2) is 8.78 Å². The van der Waals surface area contributed by atoms with Gasteiger partial charge in [0.2, 0.25) is 0 Å². The zero-order valence-corrected chi connectivity index (χ0v) is 12.5. The molecule has 0 heterocycles. The van der Waals surface area contributed by atoms with Crippen molar-refractivity contribution in [2.45, 2.75) is 19.5 Å². The van der Waals surface area contributed by atoms with Gasteiger partial charge in [-0.2, -0.15) is 0 Å². The first-order valence-electron chi connectivity index (χ1n) is 6.91. The minimum absolute atomic E-state index is 0.305. The van der Waals surface area contributed by atoms with E-state index in [1.807, 2.05) is 45.3 Å². The lowest BCUT2D eigenvalue weighted by atomic mass is 10.1. The van der Waals surface area contributed by atoms with Crippen LogP contribution in [0.5, 0.6) is 0 Å². The summed E-state index contributed by atoms with van der Waals surface area (Å²) in [5, 5.41) is 3.19. The van der Waals surface area contributed by atoms with E-state index in [2.05, 4.69) is 10.2 Å². The summed E-state index contributed by atoms with van der Waals surface area (Å²) in [5.74, 6) is -1.61.